The molecule has 0 amide bonds. The van der Waals surface area contributed by atoms with Crippen molar-refractivity contribution < 1.29 is 9.50 Å². The number of benzene rings is 2. The molecule has 0 unspecified atom stereocenters. The third-order valence-corrected chi connectivity index (χ3v) is 6.16. The lowest BCUT2D eigenvalue weighted by molar-refractivity contribution is 0.470. The summed E-state index contributed by atoms with van der Waals surface area (Å²) in [4.78, 5) is 22.3. The lowest BCUT2D eigenvalue weighted by Crippen LogP contribution is -2.20. The van der Waals surface area contributed by atoms with E-state index in [4.69, 9.17) is 5.26 Å². The highest BCUT2D eigenvalue weighted by Crippen LogP contribution is 2.32. The number of phenols is 1. The normalized spacial score (nSPS) is 11.1. The number of aromatic hydroxyl groups is 1. The van der Waals surface area contributed by atoms with E-state index in [1.807, 2.05) is 38.1 Å². The molecule has 0 saturated heterocycles. The Morgan fingerprint density at radius 2 is 1.80 bits per heavy atom. The van der Waals surface area contributed by atoms with Crippen molar-refractivity contribution in [1.29, 1.82) is 5.26 Å². The van der Waals surface area contributed by atoms with Crippen LogP contribution >= 0.6 is 0 Å². The van der Waals surface area contributed by atoms with Gasteiger partial charge in [-0.25, -0.2) is 14.4 Å². The SMILES string of the molecule is Cc1ccccc1-n1c(-c2cnc(C#N)c(F)c2)cc2c(=O)n(-c3c(C)ccc(O)c3C)cnc21. The molecule has 0 spiro atoms. The van der Waals surface area contributed by atoms with E-state index in [-0.39, 0.29) is 17.0 Å². The van der Waals surface area contributed by atoms with Crippen molar-refractivity contribution in [2.75, 3.05) is 0 Å². The quantitative estimate of drug-likeness (QED) is 0.410. The molecule has 172 valence electrons. The first kappa shape index (κ1) is 22.0. The van der Waals surface area contributed by atoms with Crippen molar-refractivity contribution in [2.45, 2.75) is 20.8 Å². The van der Waals surface area contributed by atoms with Crippen LogP contribution in [0.1, 0.15) is 22.4 Å². The molecule has 0 aliphatic heterocycles. The Morgan fingerprint density at radius 1 is 1.03 bits per heavy atom. The van der Waals surface area contributed by atoms with E-state index in [2.05, 4.69) is 9.97 Å². The number of aryl methyl sites for hydroxylation is 2. The maximum absolute atomic E-state index is 14.5. The Kier molecular flexibility index (Phi) is 5.18. The zero-order valence-corrected chi connectivity index (χ0v) is 19.2. The zero-order valence-electron chi connectivity index (χ0n) is 19.2. The second-order valence-corrected chi connectivity index (χ2v) is 8.35. The predicted molar refractivity (Wildman–Crippen MR) is 130 cm³/mol. The second kappa shape index (κ2) is 8.22. The fourth-order valence-electron chi connectivity index (χ4n) is 4.37. The first-order valence-electron chi connectivity index (χ1n) is 10.9. The lowest BCUT2D eigenvalue weighted by atomic mass is 10.1. The van der Waals surface area contributed by atoms with Crippen molar-refractivity contribution >= 4 is 11.0 Å². The van der Waals surface area contributed by atoms with Gasteiger partial charge in [-0.3, -0.25) is 13.9 Å². The van der Waals surface area contributed by atoms with Crippen LogP contribution in [0.4, 0.5) is 4.39 Å². The summed E-state index contributed by atoms with van der Waals surface area (Å²) in [5.41, 5.74) is 4.30. The van der Waals surface area contributed by atoms with Gasteiger partial charge in [0.15, 0.2) is 17.2 Å². The first-order valence-corrected chi connectivity index (χ1v) is 10.9. The Hall–Kier alpha value is -4.77. The van der Waals surface area contributed by atoms with Crippen LogP contribution in [0.25, 0.3) is 33.7 Å². The minimum absolute atomic E-state index is 0.0786. The molecule has 5 aromatic rings. The Morgan fingerprint density at radius 3 is 2.51 bits per heavy atom. The summed E-state index contributed by atoms with van der Waals surface area (Å²) >= 11 is 0. The Balaban J connectivity index is 1.87. The fraction of sp³-hybridized carbons (Fsp3) is 0.111. The molecule has 0 radical (unpaired) electrons. The number of para-hydroxylation sites is 1. The van der Waals surface area contributed by atoms with E-state index >= 15 is 0 Å². The molecule has 0 aliphatic carbocycles. The zero-order chi connectivity index (χ0) is 24.9. The number of halogens is 1. The molecule has 0 fully saturated rings. The number of phenolic OH excluding ortho intramolecular Hbond substituents is 1. The Labute approximate surface area is 200 Å². The molecule has 3 heterocycles. The Bertz CT molecular complexity index is 1740. The third-order valence-electron chi connectivity index (χ3n) is 6.16. The summed E-state index contributed by atoms with van der Waals surface area (Å²) in [6.07, 6.45) is 2.85. The maximum Gasteiger partial charge on any atom is 0.267 e. The molecule has 8 heteroatoms. The number of nitrogens with zero attached hydrogens (tertiary/aromatic N) is 5. The van der Waals surface area contributed by atoms with Gasteiger partial charge in [0.25, 0.3) is 5.56 Å². The number of fused-ring (bicyclic) bond motifs is 1. The molecular formula is C27H20FN5O2. The summed E-state index contributed by atoms with van der Waals surface area (Å²) in [6.45, 7) is 5.53. The second-order valence-electron chi connectivity index (χ2n) is 8.35. The van der Waals surface area contributed by atoms with Crippen molar-refractivity contribution in [3.63, 3.8) is 0 Å². The molecular weight excluding hydrogens is 445 g/mol. The van der Waals surface area contributed by atoms with Crippen LogP contribution in [0, 0.1) is 37.9 Å². The molecule has 0 atom stereocenters. The number of nitriles is 1. The largest absolute Gasteiger partial charge is 0.508 e. The molecule has 0 aliphatic rings. The van der Waals surface area contributed by atoms with Gasteiger partial charge in [0.2, 0.25) is 0 Å². The monoisotopic (exact) mass is 465 g/mol. The van der Waals surface area contributed by atoms with Crippen LogP contribution in [-0.4, -0.2) is 24.2 Å². The van der Waals surface area contributed by atoms with E-state index in [1.54, 1.807) is 35.8 Å². The van der Waals surface area contributed by atoms with Crippen molar-refractivity contribution in [2.24, 2.45) is 0 Å². The predicted octanol–water partition coefficient (Wildman–Crippen LogP) is 4.88. The molecule has 0 saturated carbocycles. The molecule has 5 rings (SSSR count). The summed E-state index contributed by atoms with van der Waals surface area (Å²) in [6, 6.07) is 15.5. The van der Waals surface area contributed by atoms with Gasteiger partial charge in [-0.1, -0.05) is 24.3 Å². The van der Waals surface area contributed by atoms with E-state index in [0.717, 1.165) is 16.8 Å². The minimum atomic E-state index is -0.747. The highest BCUT2D eigenvalue weighted by molar-refractivity contribution is 5.86. The number of rotatable bonds is 3. The minimum Gasteiger partial charge on any atom is -0.508 e. The molecule has 2 aromatic carbocycles. The van der Waals surface area contributed by atoms with Gasteiger partial charge >= 0.3 is 0 Å². The van der Waals surface area contributed by atoms with Gasteiger partial charge in [0.05, 0.1) is 22.5 Å². The fourth-order valence-corrected chi connectivity index (χ4v) is 4.37. The van der Waals surface area contributed by atoms with Crippen LogP contribution in [0.5, 0.6) is 5.75 Å². The van der Waals surface area contributed by atoms with Crippen LogP contribution in [0.2, 0.25) is 0 Å². The summed E-state index contributed by atoms with van der Waals surface area (Å²) in [5, 5.41) is 19.6. The standard InChI is InChI=1S/C27H20FN5O2/c1-15-6-4-5-7-22(15)33-23(18-10-20(28)21(12-29)30-13-18)11-19-26(33)31-14-32(27(19)35)25-16(2)8-9-24(34)17(25)3/h4-11,13-14,34H,1-3H3. The van der Waals surface area contributed by atoms with Gasteiger partial charge in [-0.2, -0.15) is 5.26 Å². The van der Waals surface area contributed by atoms with Crippen LogP contribution < -0.4 is 5.56 Å². The smallest absolute Gasteiger partial charge is 0.267 e. The van der Waals surface area contributed by atoms with Gasteiger partial charge in [0, 0.05) is 17.3 Å². The lowest BCUT2D eigenvalue weighted by Gasteiger charge is -2.15. The van der Waals surface area contributed by atoms with Crippen LogP contribution in [0.15, 0.2) is 65.8 Å². The maximum atomic E-state index is 14.5. The van der Waals surface area contributed by atoms with Gasteiger partial charge in [0.1, 0.15) is 18.1 Å². The molecule has 1 N–H and O–H groups in total. The third kappa shape index (κ3) is 3.45. The highest BCUT2D eigenvalue weighted by atomic mass is 19.1. The van der Waals surface area contributed by atoms with Crippen LogP contribution in [0.3, 0.4) is 0 Å². The number of hydrogen-bond acceptors (Lipinski definition) is 5. The van der Waals surface area contributed by atoms with E-state index in [9.17, 15) is 14.3 Å². The summed E-state index contributed by atoms with van der Waals surface area (Å²) < 4.78 is 17.7. The molecule has 35 heavy (non-hydrogen) atoms. The van der Waals surface area contributed by atoms with E-state index in [1.165, 1.54) is 23.2 Å². The number of hydrogen-bond donors (Lipinski definition) is 1. The average molecular weight is 465 g/mol. The average Bonchev–Trinajstić information content (AvgIpc) is 3.23. The summed E-state index contributed by atoms with van der Waals surface area (Å²) in [7, 11) is 0. The molecule has 0 bridgehead atoms. The van der Waals surface area contributed by atoms with Crippen molar-refractivity contribution in [3.8, 4) is 34.5 Å². The van der Waals surface area contributed by atoms with Crippen LogP contribution in [-0.2, 0) is 0 Å². The van der Waals surface area contributed by atoms with Crippen molar-refractivity contribution in [3.05, 3.63) is 99.6 Å². The molecule has 7 nitrogen and oxygen atoms in total. The first-order chi connectivity index (χ1) is 16.8. The van der Waals surface area contributed by atoms with Gasteiger partial charge in [-0.05, 0) is 56.2 Å². The highest BCUT2D eigenvalue weighted by Gasteiger charge is 2.21. The number of pyridine rings is 1. The topological polar surface area (TPSA) is 96.7 Å². The van der Waals surface area contributed by atoms with Gasteiger partial charge < -0.3 is 5.11 Å². The molecule has 3 aromatic heterocycles. The summed E-state index contributed by atoms with van der Waals surface area (Å²) in [5.74, 6) is -0.669. The van der Waals surface area contributed by atoms with E-state index in [0.29, 0.717) is 33.5 Å². The van der Waals surface area contributed by atoms with Crippen molar-refractivity contribution in [1.82, 2.24) is 19.1 Å². The number of aromatic nitrogens is 4. The van der Waals surface area contributed by atoms with Gasteiger partial charge in [-0.15, -0.1) is 0 Å². The van der Waals surface area contributed by atoms with E-state index < -0.39 is 5.82 Å².